The van der Waals surface area contributed by atoms with Gasteiger partial charge < -0.3 is 15.8 Å². The molecule has 0 aliphatic carbocycles. The lowest BCUT2D eigenvalue weighted by atomic mass is 10.0. The van der Waals surface area contributed by atoms with Crippen LogP contribution >= 0.6 is 0 Å². The Balaban J connectivity index is 3.24. The van der Waals surface area contributed by atoms with E-state index in [9.17, 15) is 0 Å². The van der Waals surface area contributed by atoms with Crippen LogP contribution in [0.2, 0.25) is 0 Å². The molecule has 14 heavy (non-hydrogen) atoms. The zero-order chi connectivity index (χ0) is 10.7. The number of nitrogens with two attached hydrogens (primary N) is 1. The van der Waals surface area contributed by atoms with Gasteiger partial charge in [0.1, 0.15) is 5.75 Å². The molecule has 0 amide bonds. The van der Waals surface area contributed by atoms with Crippen molar-refractivity contribution in [2.75, 3.05) is 14.2 Å². The molecule has 0 spiro atoms. The molecule has 78 valence electrons. The predicted molar refractivity (Wildman–Crippen MR) is 58.5 cm³/mol. The molecule has 3 nitrogen and oxygen atoms in total. The summed E-state index contributed by atoms with van der Waals surface area (Å²) < 4.78 is 5.33. The molecule has 0 radical (unpaired) electrons. The van der Waals surface area contributed by atoms with Gasteiger partial charge in [-0.25, -0.2) is 0 Å². The van der Waals surface area contributed by atoms with E-state index >= 15 is 0 Å². The van der Waals surface area contributed by atoms with Crippen molar-refractivity contribution in [3.05, 3.63) is 28.8 Å². The molecule has 0 aliphatic heterocycles. The van der Waals surface area contributed by atoms with Gasteiger partial charge >= 0.3 is 0 Å². The Morgan fingerprint density at radius 3 is 2.50 bits per heavy atom. The SMILES string of the molecule is CNC(N)c1cc(C)cc(C)c1OC. The number of hydrogen-bond donors (Lipinski definition) is 2. The monoisotopic (exact) mass is 194 g/mol. The van der Waals surface area contributed by atoms with Crippen molar-refractivity contribution >= 4 is 0 Å². The Morgan fingerprint density at radius 2 is 2.00 bits per heavy atom. The van der Waals surface area contributed by atoms with Gasteiger partial charge in [0.15, 0.2) is 0 Å². The minimum atomic E-state index is -0.177. The van der Waals surface area contributed by atoms with Gasteiger partial charge in [-0.1, -0.05) is 11.6 Å². The molecule has 1 rings (SSSR count). The Kier molecular flexibility index (Phi) is 3.49. The molecule has 0 aromatic heterocycles. The van der Waals surface area contributed by atoms with E-state index in [2.05, 4.69) is 18.3 Å². The van der Waals surface area contributed by atoms with Gasteiger partial charge in [-0.05, 0) is 32.5 Å². The smallest absolute Gasteiger partial charge is 0.127 e. The molecule has 1 atom stereocenters. The summed E-state index contributed by atoms with van der Waals surface area (Å²) in [6.45, 7) is 4.08. The summed E-state index contributed by atoms with van der Waals surface area (Å²) in [4.78, 5) is 0. The number of benzene rings is 1. The van der Waals surface area contributed by atoms with E-state index in [1.807, 2.05) is 20.0 Å². The van der Waals surface area contributed by atoms with Crippen molar-refractivity contribution < 1.29 is 4.74 Å². The third-order valence-electron chi connectivity index (χ3n) is 2.30. The summed E-state index contributed by atoms with van der Waals surface area (Å²) in [7, 11) is 3.51. The van der Waals surface area contributed by atoms with E-state index in [0.717, 1.165) is 16.9 Å². The number of rotatable bonds is 3. The van der Waals surface area contributed by atoms with Gasteiger partial charge in [0, 0.05) is 5.56 Å². The van der Waals surface area contributed by atoms with Crippen molar-refractivity contribution in [1.82, 2.24) is 5.32 Å². The normalized spacial score (nSPS) is 12.6. The molecule has 3 N–H and O–H groups in total. The molecule has 0 aliphatic rings. The maximum absolute atomic E-state index is 5.92. The van der Waals surface area contributed by atoms with E-state index < -0.39 is 0 Å². The predicted octanol–water partition coefficient (Wildman–Crippen LogP) is 1.49. The molecule has 0 saturated carbocycles. The van der Waals surface area contributed by atoms with Crippen molar-refractivity contribution in [2.24, 2.45) is 5.73 Å². The van der Waals surface area contributed by atoms with Gasteiger partial charge in [0.05, 0.1) is 13.3 Å². The Bertz CT molecular complexity index is 323. The number of hydrogen-bond acceptors (Lipinski definition) is 3. The standard InChI is InChI=1S/C11H18N2O/c1-7-5-8(2)10(14-4)9(6-7)11(12)13-3/h5-6,11,13H,12H2,1-4H3. The van der Waals surface area contributed by atoms with Gasteiger partial charge in [-0.3, -0.25) is 0 Å². The van der Waals surface area contributed by atoms with Crippen LogP contribution in [0.5, 0.6) is 5.75 Å². The van der Waals surface area contributed by atoms with Gasteiger partial charge in [-0.2, -0.15) is 0 Å². The van der Waals surface area contributed by atoms with Crippen LogP contribution in [0.1, 0.15) is 22.9 Å². The molecule has 1 aromatic carbocycles. The number of methoxy groups -OCH3 is 1. The van der Waals surface area contributed by atoms with Crippen molar-refractivity contribution in [1.29, 1.82) is 0 Å². The highest BCUT2D eigenvalue weighted by atomic mass is 16.5. The number of ether oxygens (including phenoxy) is 1. The van der Waals surface area contributed by atoms with E-state index in [1.54, 1.807) is 7.11 Å². The lowest BCUT2D eigenvalue weighted by molar-refractivity contribution is 0.399. The second-order valence-electron chi connectivity index (χ2n) is 3.47. The zero-order valence-electron chi connectivity index (χ0n) is 9.22. The van der Waals surface area contributed by atoms with Crippen LogP contribution < -0.4 is 15.8 Å². The minimum absolute atomic E-state index is 0.177. The van der Waals surface area contributed by atoms with Gasteiger partial charge in [0.25, 0.3) is 0 Å². The van der Waals surface area contributed by atoms with E-state index in [-0.39, 0.29) is 6.17 Å². The van der Waals surface area contributed by atoms with E-state index in [0.29, 0.717) is 0 Å². The van der Waals surface area contributed by atoms with E-state index in [1.165, 1.54) is 5.56 Å². The Labute approximate surface area is 85.3 Å². The molecule has 1 unspecified atom stereocenters. The highest BCUT2D eigenvalue weighted by molar-refractivity contribution is 5.45. The molecular formula is C11H18N2O. The lowest BCUT2D eigenvalue weighted by Crippen LogP contribution is -2.25. The number of nitrogens with one attached hydrogen (secondary N) is 1. The summed E-state index contributed by atoms with van der Waals surface area (Å²) in [5, 5.41) is 3.01. The summed E-state index contributed by atoms with van der Waals surface area (Å²) in [5.41, 5.74) is 9.24. The molecule has 1 aromatic rings. The molecule has 0 bridgehead atoms. The van der Waals surface area contributed by atoms with Crippen LogP contribution in [0.4, 0.5) is 0 Å². The molecule has 0 heterocycles. The van der Waals surface area contributed by atoms with Gasteiger partial charge in [0.2, 0.25) is 0 Å². The molecule has 0 saturated heterocycles. The van der Waals surface area contributed by atoms with Gasteiger partial charge in [-0.15, -0.1) is 0 Å². The van der Waals surface area contributed by atoms with Crippen LogP contribution in [-0.2, 0) is 0 Å². The van der Waals surface area contributed by atoms with Crippen LogP contribution in [0.3, 0.4) is 0 Å². The van der Waals surface area contributed by atoms with Crippen LogP contribution in [0, 0.1) is 13.8 Å². The first-order valence-corrected chi connectivity index (χ1v) is 4.68. The Hall–Kier alpha value is -1.06. The highest BCUT2D eigenvalue weighted by Crippen LogP contribution is 2.27. The maximum atomic E-state index is 5.92. The quantitative estimate of drug-likeness (QED) is 0.717. The zero-order valence-corrected chi connectivity index (χ0v) is 9.22. The van der Waals surface area contributed by atoms with Crippen LogP contribution in [0.25, 0.3) is 0 Å². The summed E-state index contributed by atoms with van der Waals surface area (Å²) in [5.74, 6) is 0.873. The largest absolute Gasteiger partial charge is 0.496 e. The fourth-order valence-electron chi connectivity index (χ4n) is 1.65. The first-order valence-electron chi connectivity index (χ1n) is 4.68. The molecule has 3 heteroatoms. The summed E-state index contributed by atoms with van der Waals surface area (Å²) >= 11 is 0. The first-order chi connectivity index (χ1) is 6.60. The second-order valence-corrected chi connectivity index (χ2v) is 3.47. The maximum Gasteiger partial charge on any atom is 0.127 e. The van der Waals surface area contributed by atoms with E-state index in [4.69, 9.17) is 10.5 Å². The van der Waals surface area contributed by atoms with Crippen molar-refractivity contribution in [3.63, 3.8) is 0 Å². The molecule has 0 fully saturated rings. The van der Waals surface area contributed by atoms with Crippen molar-refractivity contribution in [2.45, 2.75) is 20.0 Å². The average Bonchev–Trinajstić information content (AvgIpc) is 2.15. The lowest BCUT2D eigenvalue weighted by Gasteiger charge is -2.17. The fraction of sp³-hybridized carbons (Fsp3) is 0.455. The first kappa shape index (κ1) is 11.0. The molecular weight excluding hydrogens is 176 g/mol. The Morgan fingerprint density at radius 1 is 1.36 bits per heavy atom. The van der Waals surface area contributed by atoms with Crippen LogP contribution in [-0.4, -0.2) is 14.2 Å². The highest BCUT2D eigenvalue weighted by Gasteiger charge is 2.12. The third kappa shape index (κ3) is 2.05. The minimum Gasteiger partial charge on any atom is -0.496 e. The average molecular weight is 194 g/mol. The number of aryl methyl sites for hydroxylation is 2. The topological polar surface area (TPSA) is 47.3 Å². The van der Waals surface area contributed by atoms with Crippen molar-refractivity contribution in [3.8, 4) is 5.75 Å². The van der Waals surface area contributed by atoms with Crippen LogP contribution in [0.15, 0.2) is 12.1 Å². The second kappa shape index (κ2) is 4.44. The third-order valence-corrected chi connectivity index (χ3v) is 2.30. The summed E-state index contributed by atoms with van der Waals surface area (Å²) in [6.07, 6.45) is -0.177. The fourth-order valence-corrected chi connectivity index (χ4v) is 1.65. The summed E-state index contributed by atoms with van der Waals surface area (Å²) in [6, 6.07) is 4.14.